The molecule has 15 heavy (non-hydrogen) atoms. The monoisotopic (exact) mass is 279 g/mol. The lowest BCUT2D eigenvalue weighted by molar-refractivity contribution is 0.843. The highest BCUT2D eigenvalue weighted by molar-refractivity contribution is 8.78. The summed E-state index contributed by atoms with van der Waals surface area (Å²) >= 11 is 6.26. The summed E-state index contributed by atoms with van der Waals surface area (Å²) < 4.78 is 4.43. The topological polar surface area (TPSA) is 12.4 Å². The molecule has 0 saturated carbocycles. The van der Waals surface area contributed by atoms with Crippen LogP contribution in [0.5, 0.6) is 0 Å². The molecule has 0 spiro atoms. The van der Waals surface area contributed by atoms with Gasteiger partial charge in [-0.25, -0.2) is 4.36 Å². The standard InChI is InChI=1S/C10H11Cl2NS2/c1-5(2)8-7(11)4-6(3)9-10(8)14-15(12)13-9/h4-5H,1-3H3. The van der Waals surface area contributed by atoms with Crippen molar-refractivity contribution in [3.05, 3.63) is 22.2 Å². The Labute approximate surface area is 106 Å². The fourth-order valence-electron chi connectivity index (χ4n) is 1.65. The third kappa shape index (κ3) is 2.07. The first-order chi connectivity index (χ1) is 7.00. The van der Waals surface area contributed by atoms with Crippen LogP contribution in [-0.2, 0) is 8.94 Å². The molecule has 1 aromatic carbocycles. The molecular formula is C10H11Cl2NS2. The highest BCUT2D eigenvalue weighted by atomic mass is 35.7. The Kier molecular flexibility index (Phi) is 3.36. The number of hydrogen-bond donors (Lipinski definition) is 0. The van der Waals surface area contributed by atoms with Gasteiger partial charge in [0.2, 0.25) is 0 Å². The summed E-state index contributed by atoms with van der Waals surface area (Å²) in [6.07, 6.45) is 0. The van der Waals surface area contributed by atoms with Crippen LogP contribution in [0, 0.1) is 6.92 Å². The van der Waals surface area contributed by atoms with Gasteiger partial charge in [-0.2, -0.15) is 0 Å². The van der Waals surface area contributed by atoms with E-state index < -0.39 is 8.94 Å². The fourth-order valence-corrected chi connectivity index (χ4v) is 5.54. The zero-order valence-corrected chi connectivity index (χ0v) is 11.8. The highest BCUT2D eigenvalue weighted by Gasteiger charge is 2.23. The smallest absolute Gasteiger partial charge is 0.0904 e. The molecule has 1 aliphatic rings. The molecule has 0 fully saturated rings. The van der Waals surface area contributed by atoms with Crippen LogP contribution >= 0.6 is 33.1 Å². The number of fused-ring (bicyclic) bond motifs is 1. The normalized spacial score (nSPS) is 19.2. The van der Waals surface area contributed by atoms with Gasteiger partial charge in [0.1, 0.15) is 0 Å². The van der Waals surface area contributed by atoms with E-state index in [1.807, 2.05) is 13.0 Å². The van der Waals surface area contributed by atoms with E-state index in [1.54, 1.807) is 10.8 Å². The van der Waals surface area contributed by atoms with Gasteiger partial charge in [-0.15, -0.1) is 0 Å². The molecule has 1 unspecified atom stereocenters. The molecule has 0 amide bonds. The van der Waals surface area contributed by atoms with Crippen molar-refractivity contribution in [3.63, 3.8) is 0 Å². The number of hydrogen-bond acceptors (Lipinski definition) is 2. The van der Waals surface area contributed by atoms with Crippen LogP contribution in [0.3, 0.4) is 0 Å². The summed E-state index contributed by atoms with van der Waals surface area (Å²) in [5, 5.41) is 0.833. The van der Waals surface area contributed by atoms with Crippen molar-refractivity contribution >= 4 is 47.7 Å². The molecule has 2 rings (SSSR count). The van der Waals surface area contributed by atoms with E-state index in [2.05, 4.69) is 18.2 Å². The quantitative estimate of drug-likeness (QED) is 0.629. The van der Waals surface area contributed by atoms with Crippen molar-refractivity contribution in [1.29, 1.82) is 0 Å². The predicted molar refractivity (Wildman–Crippen MR) is 71.4 cm³/mol. The van der Waals surface area contributed by atoms with Crippen molar-refractivity contribution in [3.8, 4) is 0 Å². The van der Waals surface area contributed by atoms with Gasteiger partial charge in [0.15, 0.2) is 0 Å². The van der Waals surface area contributed by atoms with Crippen molar-refractivity contribution in [2.24, 2.45) is 4.36 Å². The average Bonchev–Trinajstić information content (AvgIpc) is 2.45. The summed E-state index contributed by atoms with van der Waals surface area (Å²) in [4.78, 5) is 1.17. The van der Waals surface area contributed by atoms with Gasteiger partial charge >= 0.3 is 0 Å². The molecule has 1 heterocycles. The molecule has 1 aromatic rings. The van der Waals surface area contributed by atoms with E-state index in [0.29, 0.717) is 5.92 Å². The van der Waals surface area contributed by atoms with Crippen LogP contribution < -0.4 is 0 Å². The maximum atomic E-state index is 6.26. The van der Waals surface area contributed by atoms with Gasteiger partial charge in [0, 0.05) is 5.02 Å². The third-order valence-electron chi connectivity index (χ3n) is 2.33. The van der Waals surface area contributed by atoms with Crippen LogP contribution in [0.25, 0.3) is 0 Å². The lowest BCUT2D eigenvalue weighted by Gasteiger charge is -2.13. The Morgan fingerprint density at radius 2 is 2.13 bits per heavy atom. The first-order valence-corrected chi connectivity index (χ1v) is 8.36. The van der Waals surface area contributed by atoms with Crippen LogP contribution in [0.15, 0.2) is 15.3 Å². The molecule has 0 N–H and O–H groups in total. The molecule has 0 aliphatic carbocycles. The average molecular weight is 280 g/mol. The van der Waals surface area contributed by atoms with Crippen molar-refractivity contribution < 1.29 is 0 Å². The second-order valence-corrected chi connectivity index (χ2v) is 8.25. The van der Waals surface area contributed by atoms with Gasteiger partial charge in [-0.3, -0.25) is 0 Å². The molecule has 1 nitrogen and oxygen atoms in total. The Hall–Kier alpha value is 0.300. The van der Waals surface area contributed by atoms with Gasteiger partial charge in [0.05, 0.1) is 19.5 Å². The maximum Gasteiger partial charge on any atom is 0.0904 e. The minimum Gasteiger partial charge on any atom is -0.200 e. The Balaban J connectivity index is 2.68. The number of rotatable bonds is 1. The number of aryl methyl sites for hydroxylation is 1. The van der Waals surface area contributed by atoms with Gasteiger partial charge < -0.3 is 0 Å². The number of benzene rings is 1. The molecule has 0 radical (unpaired) electrons. The van der Waals surface area contributed by atoms with E-state index in [-0.39, 0.29) is 0 Å². The third-order valence-corrected chi connectivity index (χ3v) is 5.59. The van der Waals surface area contributed by atoms with Gasteiger partial charge in [-0.1, -0.05) is 25.4 Å². The van der Waals surface area contributed by atoms with Crippen LogP contribution in [0.2, 0.25) is 5.02 Å². The minimum absolute atomic E-state index is 0.404. The molecule has 1 aliphatic heterocycles. The first kappa shape index (κ1) is 11.8. The van der Waals surface area contributed by atoms with Gasteiger partial charge in [-0.05, 0) is 51.5 Å². The van der Waals surface area contributed by atoms with E-state index in [4.69, 9.17) is 22.3 Å². The van der Waals surface area contributed by atoms with Crippen LogP contribution in [0.4, 0.5) is 5.69 Å². The summed E-state index contributed by atoms with van der Waals surface area (Å²) in [5.41, 5.74) is 3.33. The largest absolute Gasteiger partial charge is 0.200 e. The zero-order chi connectivity index (χ0) is 11.2. The first-order valence-electron chi connectivity index (χ1n) is 4.64. The lowest BCUT2D eigenvalue weighted by Crippen LogP contribution is -1.93. The predicted octanol–water partition coefficient (Wildman–Crippen LogP) is 5.38. The molecule has 1 atom stereocenters. The number of nitrogens with zero attached hydrogens (tertiary/aromatic N) is 1. The molecule has 0 saturated heterocycles. The molecule has 0 bridgehead atoms. The van der Waals surface area contributed by atoms with Crippen molar-refractivity contribution in [1.82, 2.24) is 0 Å². The Morgan fingerprint density at radius 3 is 2.73 bits per heavy atom. The van der Waals surface area contributed by atoms with E-state index in [9.17, 15) is 0 Å². The molecule has 5 heteroatoms. The lowest BCUT2D eigenvalue weighted by atomic mass is 10.0. The number of halogens is 2. The summed E-state index contributed by atoms with van der Waals surface area (Å²) in [7, 11) is 7.22. The second kappa shape index (κ2) is 4.28. The van der Waals surface area contributed by atoms with Crippen LogP contribution in [-0.4, -0.2) is 0 Å². The minimum atomic E-state index is -0.459. The second-order valence-electron chi connectivity index (χ2n) is 3.80. The van der Waals surface area contributed by atoms with Gasteiger partial charge in [0.25, 0.3) is 0 Å². The highest BCUT2D eigenvalue weighted by Crippen LogP contribution is 2.50. The summed E-state index contributed by atoms with van der Waals surface area (Å²) in [6.45, 7) is 6.31. The molecule has 0 aromatic heterocycles. The Bertz CT molecular complexity index is 455. The fraction of sp³-hybridized carbons (Fsp3) is 0.400. The van der Waals surface area contributed by atoms with E-state index >= 15 is 0 Å². The SMILES string of the molecule is Cc1cc(Cl)c(C(C)C)c2c1N=S(Cl)S2. The molecular weight excluding hydrogens is 269 g/mol. The summed E-state index contributed by atoms with van der Waals surface area (Å²) in [6, 6.07) is 1.99. The van der Waals surface area contributed by atoms with Crippen LogP contribution in [0.1, 0.15) is 30.9 Å². The Morgan fingerprint density at radius 1 is 1.47 bits per heavy atom. The van der Waals surface area contributed by atoms with E-state index in [0.717, 1.165) is 16.3 Å². The van der Waals surface area contributed by atoms with Crippen molar-refractivity contribution in [2.75, 3.05) is 0 Å². The van der Waals surface area contributed by atoms with Crippen molar-refractivity contribution in [2.45, 2.75) is 31.6 Å². The molecule has 82 valence electrons. The van der Waals surface area contributed by atoms with E-state index in [1.165, 1.54) is 10.5 Å². The summed E-state index contributed by atoms with van der Waals surface area (Å²) in [5.74, 6) is 0.404. The maximum absolute atomic E-state index is 6.26. The zero-order valence-electron chi connectivity index (χ0n) is 8.67.